The highest BCUT2D eigenvalue weighted by molar-refractivity contribution is 6.41. The topological polar surface area (TPSA) is 92.3 Å². The number of hydrogen-bond donors (Lipinski definition) is 3. The Kier molecular flexibility index (Phi) is 13.7. The summed E-state index contributed by atoms with van der Waals surface area (Å²) in [4.78, 5) is 16.6. The molecule has 0 aliphatic carbocycles. The quantitative estimate of drug-likeness (QED) is 0.293. The van der Waals surface area contributed by atoms with E-state index in [4.69, 9.17) is 28.9 Å². The van der Waals surface area contributed by atoms with E-state index in [0.29, 0.717) is 16.9 Å². The molecule has 0 saturated carbocycles. The summed E-state index contributed by atoms with van der Waals surface area (Å²) in [6.45, 7) is 20.3. The summed E-state index contributed by atoms with van der Waals surface area (Å²) in [6, 6.07) is 13.8. The van der Waals surface area contributed by atoms with Gasteiger partial charge < -0.3 is 15.8 Å². The Morgan fingerprint density at radius 3 is 1.76 bits per heavy atom. The standard InChI is InChI=1S/C11H12N2.C8H5NO.C3H7BO2/c1-3-4-11(12)9-5-7-10(13-2)8-6-9;1-9-8-4-2-7(6-10)3-5-8;1-2-3-4(5)6/h3,5-8,11H,1,4,12H2;2-6H;2,5-6H,1,3H2. The minimum Gasteiger partial charge on any atom is -0.427 e. The van der Waals surface area contributed by atoms with E-state index >= 15 is 0 Å². The number of allylic oxidation sites excluding steroid dienone is 1. The average Bonchev–Trinajstić information content (AvgIpc) is 2.75. The number of benzene rings is 2. The van der Waals surface area contributed by atoms with Gasteiger partial charge in [-0.2, -0.15) is 0 Å². The smallest absolute Gasteiger partial charge is 0.427 e. The van der Waals surface area contributed by atoms with Crippen molar-refractivity contribution in [2.75, 3.05) is 0 Å². The molecule has 0 radical (unpaired) electrons. The molecular weight excluding hydrogens is 365 g/mol. The van der Waals surface area contributed by atoms with Gasteiger partial charge in [-0.15, -0.1) is 13.2 Å². The molecule has 0 bridgehead atoms. The van der Waals surface area contributed by atoms with Crippen molar-refractivity contribution in [3.8, 4) is 0 Å². The molecule has 148 valence electrons. The molecule has 1 unspecified atom stereocenters. The van der Waals surface area contributed by atoms with E-state index in [1.54, 1.807) is 42.5 Å². The van der Waals surface area contributed by atoms with Crippen LogP contribution in [0.3, 0.4) is 0 Å². The first-order valence-electron chi connectivity index (χ1n) is 8.65. The third-order valence-corrected chi connectivity index (χ3v) is 3.41. The zero-order valence-corrected chi connectivity index (χ0v) is 16.1. The first-order valence-corrected chi connectivity index (χ1v) is 8.65. The Hall–Kier alpha value is -3.49. The van der Waals surface area contributed by atoms with Gasteiger partial charge in [0.15, 0.2) is 11.4 Å². The van der Waals surface area contributed by atoms with E-state index in [2.05, 4.69) is 22.8 Å². The zero-order valence-electron chi connectivity index (χ0n) is 16.1. The van der Waals surface area contributed by atoms with Crippen LogP contribution >= 0.6 is 0 Å². The number of aldehydes is 1. The van der Waals surface area contributed by atoms with Crippen molar-refractivity contribution in [3.63, 3.8) is 0 Å². The highest BCUT2D eigenvalue weighted by atomic mass is 16.4. The number of hydrogen-bond acceptors (Lipinski definition) is 4. The fraction of sp³-hybridized carbons (Fsp3) is 0.136. The molecule has 2 aromatic rings. The van der Waals surface area contributed by atoms with Crippen LogP contribution in [0.5, 0.6) is 0 Å². The van der Waals surface area contributed by atoms with Crippen LogP contribution in [0, 0.1) is 13.1 Å². The highest BCUT2D eigenvalue weighted by Crippen LogP contribution is 2.18. The lowest BCUT2D eigenvalue weighted by molar-refractivity contribution is 0.112. The molecule has 0 aromatic heterocycles. The van der Waals surface area contributed by atoms with Gasteiger partial charge in [-0.3, -0.25) is 4.79 Å². The van der Waals surface area contributed by atoms with Gasteiger partial charge in [0.05, 0.1) is 13.1 Å². The highest BCUT2D eigenvalue weighted by Gasteiger charge is 2.02. The Labute approximate surface area is 172 Å². The fourth-order valence-electron chi connectivity index (χ4n) is 1.89. The molecule has 0 fully saturated rings. The Bertz CT molecular complexity index is 836. The van der Waals surface area contributed by atoms with Crippen LogP contribution < -0.4 is 5.73 Å². The van der Waals surface area contributed by atoms with Crippen molar-refractivity contribution in [3.05, 3.63) is 108 Å². The van der Waals surface area contributed by atoms with E-state index in [-0.39, 0.29) is 12.4 Å². The van der Waals surface area contributed by atoms with E-state index in [1.165, 1.54) is 6.08 Å². The molecule has 1 atom stereocenters. The molecule has 29 heavy (non-hydrogen) atoms. The van der Waals surface area contributed by atoms with Gasteiger partial charge >= 0.3 is 7.12 Å². The van der Waals surface area contributed by atoms with Gasteiger partial charge in [0.2, 0.25) is 0 Å². The maximum atomic E-state index is 10.1. The molecule has 0 heterocycles. The molecule has 4 N–H and O–H groups in total. The molecule has 0 saturated heterocycles. The molecule has 0 aliphatic rings. The van der Waals surface area contributed by atoms with Crippen LogP contribution in [0.15, 0.2) is 73.8 Å². The van der Waals surface area contributed by atoms with Crippen LogP contribution in [-0.4, -0.2) is 23.5 Å². The second kappa shape index (κ2) is 15.6. The van der Waals surface area contributed by atoms with Crippen LogP contribution in [0.25, 0.3) is 9.69 Å². The maximum Gasteiger partial charge on any atom is 0.455 e. The van der Waals surface area contributed by atoms with Crippen LogP contribution in [0.1, 0.15) is 28.4 Å². The van der Waals surface area contributed by atoms with E-state index in [1.807, 2.05) is 12.1 Å². The average molecular weight is 389 g/mol. The number of nitrogens with two attached hydrogens (primary N) is 1. The van der Waals surface area contributed by atoms with E-state index in [9.17, 15) is 4.79 Å². The molecule has 6 nitrogen and oxygen atoms in total. The summed E-state index contributed by atoms with van der Waals surface area (Å²) in [7, 11) is -1.22. The van der Waals surface area contributed by atoms with Crippen molar-refractivity contribution in [1.82, 2.24) is 0 Å². The van der Waals surface area contributed by atoms with Crippen molar-refractivity contribution < 1.29 is 14.8 Å². The lowest BCUT2D eigenvalue weighted by atomic mass is 9.87. The van der Waals surface area contributed by atoms with E-state index in [0.717, 1.165) is 18.3 Å². The lowest BCUT2D eigenvalue weighted by Crippen LogP contribution is -2.08. The first kappa shape index (κ1) is 25.5. The molecule has 2 rings (SSSR count). The Morgan fingerprint density at radius 1 is 0.966 bits per heavy atom. The summed E-state index contributed by atoms with van der Waals surface area (Å²) in [5, 5.41) is 16.1. The van der Waals surface area contributed by atoms with E-state index < -0.39 is 7.12 Å². The summed E-state index contributed by atoms with van der Waals surface area (Å²) in [5.74, 6) is 0. The van der Waals surface area contributed by atoms with Gasteiger partial charge in [-0.25, -0.2) is 9.69 Å². The summed E-state index contributed by atoms with van der Waals surface area (Å²) in [5.41, 5.74) is 8.71. The van der Waals surface area contributed by atoms with Gasteiger partial charge in [0.1, 0.15) is 6.29 Å². The third-order valence-electron chi connectivity index (χ3n) is 3.41. The Balaban J connectivity index is 0.000000436. The molecule has 0 aliphatic heterocycles. The monoisotopic (exact) mass is 389 g/mol. The zero-order chi connectivity index (χ0) is 22.1. The van der Waals surface area contributed by atoms with Crippen LogP contribution in [0.4, 0.5) is 11.4 Å². The predicted octanol–water partition coefficient (Wildman–Crippen LogP) is 4.51. The molecular formula is C22H24BN3O3. The van der Waals surface area contributed by atoms with Crippen molar-refractivity contribution in [1.29, 1.82) is 0 Å². The summed E-state index contributed by atoms with van der Waals surface area (Å²) < 4.78 is 0. The third kappa shape index (κ3) is 11.8. The van der Waals surface area contributed by atoms with Crippen molar-refractivity contribution in [2.45, 2.75) is 18.8 Å². The molecule has 0 spiro atoms. The lowest BCUT2D eigenvalue weighted by Gasteiger charge is -2.08. The number of carbonyl (C=O) groups is 1. The first-order chi connectivity index (χ1) is 13.9. The minimum absolute atomic E-state index is 0.00252. The molecule has 0 amide bonds. The summed E-state index contributed by atoms with van der Waals surface area (Å²) >= 11 is 0. The largest absolute Gasteiger partial charge is 0.455 e. The molecule has 2 aromatic carbocycles. The molecule has 7 heteroatoms. The second-order valence-corrected chi connectivity index (χ2v) is 5.66. The van der Waals surface area contributed by atoms with Crippen LogP contribution in [0.2, 0.25) is 6.32 Å². The fourth-order valence-corrected chi connectivity index (χ4v) is 1.89. The Morgan fingerprint density at radius 2 is 1.45 bits per heavy atom. The SMILES string of the molecule is C=CCB(O)O.[C-]#[N+]c1ccc(C(N)CC=C)cc1.[C-]#[N+]c1ccc(C=O)cc1. The minimum atomic E-state index is -1.22. The predicted molar refractivity (Wildman–Crippen MR) is 118 cm³/mol. The van der Waals surface area contributed by atoms with Crippen molar-refractivity contribution >= 4 is 24.8 Å². The van der Waals surface area contributed by atoms with Gasteiger partial charge in [0.25, 0.3) is 0 Å². The maximum absolute atomic E-state index is 10.1. The summed E-state index contributed by atoms with van der Waals surface area (Å²) in [6.07, 6.45) is 5.02. The number of carbonyl (C=O) groups excluding carboxylic acids is 1. The van der Waals surface area contributed by atoms with Gasteiger partial charge in [-0.05, 0) is 18.3 Å². The normalized spacial score (nSPS) is 9.69. The van der Waals surface area contributed by atoms with Gasteiger partial charge in [-0.1, -0.05) is 60.7 Å². The second-order valence-electron chi connectivity index (χ2n) is 5.66. The number of nitrogens with zero attached hydrogens (tertiary/aromatic N) is 2. The van der Waals surface area contributed by atoms with Gasteiger partial charge in [0, 0.05) is 11.6 Å². The number of rotatable bonds is 6. The van der Waals surface area contributed by atoms with Crippen LogP contribution in [-0.2, 0) is 0 Å². The van der Waals surface area contributed by atoms with Crippen molar-refractivity contribution in [2.24, 2.45) is 5.73 Å².